The number of hydrogen-bond acceptors (Lipinski definition) is 8. The Kier molecular flexibility index (Phi) is 7.55. The van der Waals surface area contributed by atoms with Crippen molar-refractivity contribution >= 4 is 34.4 Å². The molecule has 206 valence electrons. The molecule has 2 amide bonds. The summed E-state index contributed by atoms with van der Waals surface area (Å²) >= 11 is 0. The van der Waals surface area contributed by atoms with Gasteiger partial charge < -0.3 is 19.3 Å². The van der Waals surface area contributed by atoms with Gasteiger partial charge in [0.2, 0.25) is 0 Å². The first-order chi connectivity index (χ1) is 19.3. The van der Waals surface area contributed by atoms with Crippen molar-refractivity contribution in [1.29, 1.82) is 0 Å². The third-order valence-corrected chi connectivity index (χ3v) is 6.78. The maximum Gasteiger partial charge on any atom is 0.370 e. The van der Waals surface area contributed by atoms with E-state index < -0.39 is 24.4 Å². The quantitative estimate of drug-likeness (QED) is 0.242. The summed E-state index contributed by atoms with van der Waals surface area (Å²) in [5, 5.41) is 5.79. The summed E-state index contributed by atoms with van der Waals surface area (Å²) in [6, 6.07) is 15.7. The molecule has 2 aliphatic heterocycles. The normalized spacial score (nSPS) is 13.9. The molecule has 0 radical (unpaired) electrons. The van der Waals surface area contributed by atoms with Crippen LogP contribution in [0.1, 0.15) is 37.8 Å². The highest BCUT2D eigenvalue weighted by Crippen LogP contribution is 2.42. The van der Waals surface area contributed by atoms with Crippen molar-refractivity contribution in [1.82, 2.24) is 5.06 Å². The van der Waals surface area contributed by atoms with Crippen molar-refractivity contribution in [2.45, 2.75) is 40.5 Å². The van der Waals surface area contributed by atoms with Crippen LogP contribution in [0.15, 0.2) is 57.9 Å². The predicted octanol–water partition coefficient (Wildman–Crippen LogP) is 5.16. The monoisotopic (exact) mass is 541 g/mol. The van der Waals surface area contributed by atoms with Gasteiger partial charge in [0, 0.05) is 60.3 Å². The number of amides is 2. The lowest BCUT2D eigenvalue weighted by Gasteiger charge is -2.18. The molecule has 1 fully saturated rings. The van der Waals surface area contributed by atoms with Crippen LogP contribution in [-0.2, 0) is 19.2 Å². The number of imide groups is 1. The highest BCUT2D eigenvalue weighted by Gasteiger charge is 2.33. The van der Waals surface area contributed by atoms with E-state index in [-0.39, 0.29) is 12.8 Å². The summed E-state index contributed by atoms with van der Waals surface area (Å²) in [5.41, 5.74) is 6.86. The fraction of sp³-hybridized carbons (Fsp3) is 0.290. The Bertz CT molecular complexity index is 1640. The van der Waals surface area contributed by atoms with E-state index in [1.54, 1.807) is 12.1 Å². The van der Waals surface area contributed by atoms with E-state index in [0.717, 1.165) is 62.1 Å². The number of anilines is 1. The third kappa shape index (κ3) is 5.27. The first-order valence-corrected chi connectivity index (χ1v) is 13.3. The molecule has 2 aromatic rings. The van der Waals surface area contributed by atoms with Gasteiger partial charge in [-0.2, -0.15) is 0 Å². The Hall–Kier alpha value is -4.66. The molecular formula is C31H31N3O6. The molecule has 3 aliphatic rings. The van der Waals surface area contributed by atoms with Crippen LogP contribution >= 0.6 is 0 Å². The number of carbonyl (C=O) groups excluding carboxylic acids is 3. The van der Waals surface area contributed by atoms with E-state index in [9.17, 15) is 14.4 Å². The second-order valence-corrected chi connectivity index (χ2v) is 9.64. The van der Waals surface area contributed by atoms with Crippen molar-refractivity contribution in [2.75, 3.05) is 25.0 Å². The van der Waals surface area contributed by atoms with Crippen molar-refractivity contribution < 1.29 is 28.4 Å². The molecule has 0 unspecified atom stereocenters. The number of ether oxygens (including phenoxy) is 1. The molecule has 9 nitrogen and oxygen atoms in total. The largest absolute Gasteiger partial charge is 0.482 e. The number of rotatable bonds is 8. The molecule has 0 atom stereocenters. The average Bonchev–Trinajstić information content (AvgIpc) is 3.25. The van der Waals surface area contributed by atoms with Crippen LogP contribution in [0, 0.1) is 13.8 Å². The summed E-state index contributed by atoms with van der Waals surface area (Å²) in [6.45, 7) is 9.21. The van der Waals surface area contributed by atoms with Gasteiger partial charge in [0.05, 0.1) is 5.36 Å². The fourth-order valence-electron chi connectivity index (χ4n) is 4.87. The highest BCUT2D eigenvalue weighted by molar-refractivity contribution is 6.03. The van der Waals surface area contributed by atoms with E-state index in [1.165, 1.54) is 0 Å². The fourth-order valence-corrected chi connectivity index (χ4v) is 4.87. The van der Waals surface area contributed by atoms with E-state index in [4.69, 9.17) is 14.0 Å². The second kappa shape index (κ2) is 11.2. The molecule has 1 N–H and O–H groups in total. The van der Waals surface area contributed by atoms with Gasteiger partial charge in [0.1, 0.15) is 17.1 Å². The molecule has 2 aromatic carbocycles. The van der Waals surface area contributed by atoms with Crippen LogP contribution < -0.4 is 15.4 Å². The van der Waals surface area contributed by atoms with E-state index in [0.29, 0.717) is 17.4 Å². The van der Waals surface area contributed by atoms with Crippen molar-refractivity contribution in [3.8, 4) is 28.2 Å². The maximum absolute atomic E-state index is 12.1. The van der Waals surface area contributed by atoms with E-state index in [1.807, 2.05) is 38.1 Å². The van der Waals surface area contributed by atoms with Crippen molar-refractivity contribution in [3.63, 3.8) is 0 Å². The number of aryl methyl sites for hydroxylation is 2. The zero-order chi connectivity index (χ0) is 28.4. The smallest absolute Gasteiger partial charge is 0.370 e. The standard InChI is InChI=1S/C31H31N3O6/c1-5-32-24-15-26-22(13-18(24)3)31(23-14-19(4)25(33-6-2)16-27(23)39-26)20-7-9-21(10-8-20)38-17-30(37)40-34-28(35)11-12-29(34)36/h7-10,13-16,32H,5-6,11-12,17H2,1-4H3. The second-order valence-electron chi connectivity index (χ2n) is 9.64. The van der Waals surface area contributed by atoms with Gasteiger partial charge in [-0.1, -0.05) is 12.1 Å². The Morgan fingerprint density at radius 1 is 1.00 bits per heavy atom. The van der Waals surface area contributed by atoms with Crippen LogP contribution in [0.5, 0.6) is 5.75 Å². The first kappa shape index (κ1) is 26.9. The Labute approximate surface area is 231 Å². The van der Waals surface area contributed by atoms with Crippen LogP contribution in [0.25, 0.3) is 33.4 Å². The average molecular weight is 542 g/mol. The van der Waals surface area contributed by atoms with Crippen LogP contribution in [0.3, 0.4) is 0 Å². The molecule has 5 rings (SSSR count). The summed E-state index contributed by atoms with van der Waals surface area (Å²) in [4.78, 5) is 45.0. The Balaban J connectivity index is 1.50. The van der Waals surface area contributed by atoms with Gasteiger partial charge in [-0.25, -0.2) is 4.79 Å². The van der Waals surface area contributed by atoms with Crippen molar-refractivity contribution in [3.05, 3.63) is 65.0 Å². The minimum Gasteiger partial charge on any atom is -0.482 e. The number of hydroxylamine groups is 2. The molecule has 0 saturated carbocycles. The number of carbonyl (C=O) groups is 3. The third-order valence-electron chi connectivity index (χ3n) is 6.78. The summed E-state index contributed by atoms with van der Waals surface area (Å²) in [6.07, 6.45) is 0.0729. The van der Waals surface area contributed by atoms with Crippen LogP contribution in [-0.4, -0.2) is 42.5 Å². The minimum absolute atomic E-state index is 0.0364. The Morgan fingerprint density at radius 3 is 2.40 bits per heavy atom. The lowest BCUT2D eigenvalue weighted by Crippen LogP contribution is -2.33. The van der Waals surface area contributed by atoms with Gasteiger partial charge in [0.25, 0.3) is 11.8 Å². The first-order valence-electron chi connectivity index (χ1n) is 13.3. The SMILES string of the molecule is CCN=c1cc2oc3cc(NCC)c(C)cc3c(-c3ccc(OCC(=O)ON4C(=O)CCC4=O)cc3)c-2cc1C. The van der Waals surface area contributed by atoms with Gasteiger partial charge in [-0.05, 0) is 68.7 Å². The van der Waals surface area contributed by atoms with Crippen LogP contribution in [0.4, 0.5) is 5.69 Å². The molecule has 2 heterocycles. The highest BCUT2D eigenvalue weighted by atomic mass is 16.7. The molecule has 9 heteroatoms. The molecule has 0 aromatic heterocycles. The minimum atomic E-state index is -0.829. The molecule has 0 spiro atoms. The summed E-state index contributed by atoms with van der Waals surface area (Å²) in [7, 11) is 0. The van der Waals surface area contributed by atoms with Crippen molar-refractivity contribution in [2.24, 2.45) is 4.99 Å². The molecule has 1 saturated heterocycles. The zero-order valence-electron chi connectivity index (χ0n) is 23.0. The molecule has 40 heavy (non-hydrogen) atoms. The lowest BCUT2D eigenvalue weighted by atomic mass is 9.91. The van der Waals surface area contributed by atoms with Gasteiger partial charge in [0.15, 0.2) is 6.61 Å². The van der Waals surface area contributed by atoms with E-state index in [2.05, 4.69) is 36.3 Å². The van der Waals surface area contributed by atoms with Gasteiger partial charge >= 0.3 is 5.97 Å². The number of nitrogens with zero attached hydrogens (tertiary/aromatic N) is 2. The predicted molar refractivity (Wildman–Crippen MR) is 151 cm³/mol. The maximum atomic E-state index is 12.1. The molecular weight excluding hydrogens is 510 g/mol. The molecule has 1 aliphatic carbocycles. The number of benzene rings is 3. The topological polar surface area (TPSA) is 110 Å². The van der Waals surface area contributed by atoms with Gasteiger partial charge in [-0.3, -0.25) is 14.6 Å². The van der Waals surface area contributed by atoms with Gasteiger partial charge in [-0.15, -0.1) is 5.06 Å². The number of nitrogens with one attached hydrogen (secondary N) is 1. The number of fused-ring (bicyclic) bond motifs is 2. The number of hydrogen-bond donors (Lipinski definition) is 1. The van der Waals surface area contributed by atoms with Crippen LogP contribution in [0.2, 0.25) is 0 Å². The summed E-state index contributed by atoms with van der Waals surface area (Å²) < 4.78 is 12.0. The zero-order valence-corrected chi connectivity index (χ0v) is 23.0. The van der Waals surface area contributed by atoms with E-state index >= 15 is 0 Å². The Morgan fingerprint density at radius 2 is 1.73 bits per heavy atom. The molecule has 0 bridgehead atoms. The lowest BCUT2D eigenvalue weighted by molar-refractivity contribution is -0.198. The summed E-state index contributed by atoms with van der Waals surface area (Å²) in [5.74, 6) is -0.712.